The van der Waals surface area contributed by atoms with E-state index in [1.54, 1.807) is 38.1 Å². The number of nitrogens with two attached hydrogens (primary N) is 2. The molecule has 0 bridgehead atoms. The average Bonchev–Trinajstić information content (AvgIpc) is 2.95. The minimum absolute atomic E-state index is 0.142. The van der Waals surface area contributed by atoms with Crippen LogP contribution in [0, 0.1) is 6.92 Å². The molecule has 3 aromatic rings. The number of methoxy groups -OCH3 is 1. The Labute approximate surface area is 271 Å². The maximum Gasteiger partial charge on any atom is 0.404 e. The number of anilines is 3. The Balaban J connectivity index is 1.98. The highest BCUT2D eigenvalue weighted by Crippen LogP contribution is 2.49. The number of aryl methyl sites for hydroxylation is 1. The fourth-order valence-corrected chi connectivity index (χ4v) is 5.13. The number of carbonyl (C=O) groups excluding carboxylic acids is 2. The molecule has 11 nitrogen and oxygen atoms in total. The highest BCUT2D eigenvalue weighted by molar-refractivity contribution is 7.92. The number of hydrogen-bond donors (Lipinski definition) is 5. The largest absolute Gasteiger partial charge is 0.492 e. The van der Waals surface area contributed by atoms with Crippen molar-refractivity contribution in [1.82, 2.24) is 5.32 Å². The van der Waals surface area contributed by atoms with Crippen molar-refractivity contribution in [3.05, 3.63) is 94.8 Å². The van der Waals surface area contributed by atoms with E-state index in [0.29, 0.717) is 24.0 Å². The summed E-state index contributed by atoms with van der Waals surface area (Å²) in [5.41, 5.74) is 3.98. The van der Waals surface area contributed by atoms with Crippen LogP contribution >= 0.6 is 0 Å². The molecular weight excluding hydrogens is 670 g/mol. The molecule has 0 radical (unpaired) electrons. The molecule has 0 saturated carbocycles. The Bertz CT molecular complexity index is 1790. The number of nitrogens with zero attached hydrogens (tertiary/aromatic N) is 1. The van der Waals surface area contributed by atoms with E-state index in [-0.39, 0.29) is 16.9 Å². The zero-order valence-electron chi connectivity index (χ0n) is 25.8. The second-order valence-electron chi connectivity index (χ2n) is 10.6. The second kappa shape index (κ2) is 14.4. The molecule has 260 valence electrons. The van der Waals surface area contributed by atoms with Gasteiger partial charge >= 0.3 is 12.4 Å². The topological polar surface area (TPSA) is 169 Å². The molecule has 0 aliphatic heterocycles. The standard InChI is InChI=1S/C30H32F6N6O5S/c1-16-10-11-19(14-24(16)42(38)15-21(37)28(44)39-17(2)18-8-6-5-7-9-18)27(43)40-22-12-20(26(29(31,32)33)30(34,35)36)13-23(25(22)47-3)41-48(4,45)46/h5-15,17,26,41H,37-38H2,1-4H3,(H,39,44)(H,40,43)/b21-15-/t17-/m1/s1. The van der Waals surface area contributed by atoms with Gasteiger partial charge in [-0.15, -0.1) is 0 Å². The van der Waals surface area contributed by atoms with Crippen molar-refractivity contribution in [2.24, 2.45) is 11.6 Å². The molecule has 0 spiro atoms. The van der Waals surface area contributed by atoms with Gasteiger partial charge in [-0.25, -0.2) is 14.3 Å². The van der Waals surface area contributed by atoms with Crippen LogP contribution in [0.2, 0.25) is 0 Å². The number of ether oxygens (including phenoxy) is 1. The minimum atomic E-state index is -5.83. The van der Waals surface area contributed by atoms with Crippen LogP contribution in [0.1, 0.15) is 45.9 Å². The maximum absolute atomic E-state index is 13.6. The lowest BCUT2D eigenvalue weighted by atomic mass is 9.96. The summed E-state index contributed by atoms with van der Waals surface area (Å²) in [7, 11) is -3.28. The van der Waals surface area contributed by atoms with Crippen LogP contribution in [0.3, 0.4) is 0 Å². The lowest BCUT2D eigenvalue weighted by Gasteiger charge is -2.25. The predicted octanol–water partition coefficient (Wildman–Crippen LogP) is 5.19. The summed E-state index contributed by atoms with van der Waals surface area (Å²) >= 11 is 0. The third-order valence-electron chi connectivity index (χ3n) is 6.78. The van der Waals surface area contributed by atoms with Gasteiger partial charge in [-0.05, 0) is 54.8 Å². The van der Waals surface area contributed by atoms with E-state index >= 15 is 0 Å². The first-order valence-corrected chi connectivity index (χ1v) is 15.6. The molecule has 48 heavy (non-hydrogen) atoms. The van der Waals surface area contributed by atoms with Crippen molar-refractivity contribution in [2.45, 2.75) is 38.2 Å². The molecule has 0 aromatic heterocycles. The molecule has 18 heteroatoms. The van der Waals surface area contributed by atoms with Crippen molar-refractivity contribution in [2.75, 3.05) is 28.4 Å². The molecule has 3 rings (SSSR count). The van der Waals surface area contributed by atoms with Gasteiger partial charge in [0.15, 0.2) is 11.7 Å². The normalized spacial score (nSPS) is 13.1. The van der Waals surface area contributed by atoms with Gasteiger partial charge in [-0.1, -0.05) is 36.4 Å². The summed E-state index contributed by atoms with van der Waals surface area (Å²) in [6, 6.07) is 13.3. The van der Waals surface area contributed by atoms with E-state index in [9.17, 15) is 44.3 Å². The van der Waals surface area contributed by atoms with Crippen molar-refractivity contribution >= 4 is 38.9 Å². The van der Waals surface area contributed by atoms with Crippen LogP contribution in [0.15, 0.2) is 72.6 Å². The second-order valence-corrected chi connectivity index (χ2v) is 12.3. The summed E-state index contributed by atoms with van der Waals surface area (Å²) in [5, 5.41) is 5.84. The average molecular weight is 703 g/mol. The molecule has 0 aliphatic rings. The van der Waals surface area contributed by atoms with Crippen LogP contribution in [0.4, 0.5) is 43.4 Å². The van der Waals surface area contributed by atoms with Gasteiger partial charge in [0.25, 0.3) is 11.8 Å². The number of nitrogens with one attached hydrogen (secondary N) is 3. The first kappa shape index (κ1) is 37.5. The van der Waals surface area contributed by atoms with E-state index in [1.807, 2.05) is 10.8 Å². The van der Waals surface area contributed by atoms with Crippen LogP contribution in [-0.4, -0.2) is 46.0 Å². The SMILES string of the molecule is COc1c(NC(=O)c2ccc(C)c(N(N)/C=C(\N)C(=O)N[C@H](C)c3ccccc3)c2)cc(C(C(F)(F)F)C(F)(F)F)cc1NS(C)(=O)=O. The number of rotatable bonds is 11. The zero-order chi connectivity index (χ0) is 36.2. The third kappa shape index (κ3) is 9.54. The molecule has 0 heterocycles. The molecule has 1 atom stereocenters. The van der Waals surface area contributed by atoms with E-state index in [4.69, 9.17) is 16.3 Å². The summed E-state index contributed by atoms with van der Waals surface area (Å²) in [6.45, 7) is 3.34. The fourth-order valence-electron chi connectivity index (χ4n) is 4.58. The molecule has 0 saturated heterocycles. The Morgan fingerprint density at radius 3 is 2.06 bits per heavy atom. The highest BCUT2D eigenvalue weighted by atomic mass is 32.2. The summed E-state index contributed by atoms with van der Waals surface area (Å²) in [5.74, 6) is -0.186. The Hall–Kier alpha value is -4.97. The molecule has 2 amide bonds. The number of alkyl halides is 6. The first-order valence-electron chi connectivity index (χ1n) is 13.7. The fraction of sp³-hybridized carbons (Fsp3) is 0.267. The zero-order valence-corrected chi connectivity index (χ0v) is 26.6. The van der Waals surface area contributed by atoms with E-state index < -0.39 is 68.8 Å². The van der Waals surface area contributed by atoms with Crippen LogP contribution in [0.25, 0.3) is 0 Å². The van der Waals surface area contributed by atoms with E-state index in [1.165, 1.54) is 18.2 Å². The first-order chi connectivity index (χ1) is 22.1. The van der Waals surface area contributed by atoms with E-state index in [2.05, 4.69) is 10.6 Å². The van der Waals surface area contributed by atoms with Gasteiger partial charge in [0, 0.05) is 11.8 Å². The van der Waals surface area contributed by atoms with Crippen molar-refractivity contribution in [1.29, 1.82) is 0 Å². The number of carbonyl (C=O) groups is 2. The van der Waals surface area contributed by atoms with Gasteiger partial charge in [0.05, 0.1) is 36.5 Å². The Kier molecular flexibility index (Phi) is 11.3. The molecule has 7 N–H and O–H groups in total. The number of hydrazine groups is 1. The van der Waals surface area contributed by atoms with E-state index in [0.717, 1.165) is 23.9 Å². The maximum atomic E-state index is 13.6. The molecule has 3 aromatic carbocycles. The predicted molar refractivity (Wildman–Crippen MR) is 167 cm³/mol. The lowest BCUT2D eigenvalue weighted by Crippen LogP contribution is -2.34. The van der Waals surface area contributed by atoms with Gasteiger partial charge < -0.3 is 21.1 Å². The number of halogens is 6. The van der Waals surface area contributed by atoms with Gasteiger partial charge in [0.2, 0.25) is 10.0 Å². The van der Waals surface area contributed by atoms with Crippen LogP contribution in [-0.2, 0) is 14.8 Å². The van der Waals surface area contributed by atoms with Gasteiger partial charge in [-0.3, -0.25) is 19.3 Å². The molecule has 0 unspecified atom stereocenters. The molecular formula is C30H32F6N6O5S. The monoisotopic (exact) mass is 702 g/mol. The van der Waals surface area contributed by atoms with Crippen LogP contribution < -0.4 is 36.7 Å². The van der Waals surface area contributed by atoms with Gasteiger partial charge in [-0.2, -0.15) is 26.3 Å². The quantitative estimate of drug-likeness (QED) is 0.0787. The Morgan fingerprint density at radius 1 is 0.938 bits per heavy atom. The molecule has 0 aliphatic carbocycles. The number of hydrogen-bond acceptors (Lipinski definition) is 8. The van der Waals surface area contributed by atoms with Crippen molar-refractivity contribution in [3.63, 3.8) is 0 Å². The van der Waals surface area contributed by atoms with Crippen LogP contribution in [0.5, 0.6) is 5.75 Å². The summed E-state index contributed by atoms with van der Waals surface area (Å²) < 4.78 is 112. The summed E-state index contributed by atoms with van der Waals surface area (Å²) in [4.78, 5) is 26.0. The lowest BCUT2D eigenvalue weighted by molar-refractivity contribution is -0.253. The van der Waals surface area contributed by atoms with Crippen molar-refractivity contribution < 1.29 is 49.1 Å². The third-order valence-corrected chi connectivity index (χ3v) is 7.37. The number of amides is 2. The number of benzene rings is 3. The van der Waals surface area contributed by atoms with Gasteiger partial charge in [0.1, 0.15) is 5.70 Å². The smallest absolute Gasteiger partial charge is 0.404 e. The summed E-state index contributed by atoms with van der Waals surface area (Å²) in [6.07, 6.45) is -9.97. The molecule has 0 fully saturated rings. The highest BCUT2D eigenvalue weighted by Gasteiger charge is 2.57. The van der Waals surface area contributed by atoms with Crippen molar-refractivity contribution in [3.8, 4) is 5.75 Å². The minimum Gasteiger partial charge on any atom is -0.492 e. The number of sulfonamides is 1. The Morgan fingerprint density at radius 2 is 1.52 bits per heavy atom.